The molecule has 2 heterocycles. The Morgan fingerprint density at radius 2 is 1.94 bits per heavy atom. The molecule has 0 saturated carbocycles. The van der Waals surface area contributed by atoms with Gasteiger partial charge in [-0.1, -0.05) is 0 Å². The molecule has 1 unspecified atom stereocenters. The predicted octanol–water partition coefficient (Wildman–Crippen LogP) is 0.495. The Morgan fingerprint density at radius 3 is 2.53 bits per heavy atom. The van der Waals surface area contributed by atoms with E-state index in [-0.39, 0.29) is 6.04 Å². The van der Waals surface area contributed by atoms with Gasteiger partial charge in [0.25, 0.3) is 0 Å². The molecule has 0 aliphatic carbocycles. The maximum absolute atomic E-state index is 11.3. The molecule has 0 aromatic rings. The summed E-state index contributed by atoms with van der Waals surface area (Å²) in [6, 6.07) is 0.214. The first-order chi connectivity index (χ1) is 8.05. The Hall–Kier alpha value is -0.130. The van der Waals surface area contributed by atoms with Crippen molar-refractivity contribution in [2.24, 2.45) is 5.92 Å². The third-order valence-corrected chi connectivity index (χ3v) is 5.82. The number of nitrogens with zero attached hydrogens (tertiary/aromatic N) is 1. The Kier molecular flexibility index (Phi) is 4.44. The molecule has 0 amide bonds. The minimum atomic E-state index is -2.73. The van der Waals surface area contributed by atoms with Crippen molar-refractivity contribution in [3.05, 3.63) is 0 Å². The van der Waals surface area contributed by atoms with E-state index in [1.165, 1.54) is 32.4 Å². The zero-order valence-electron chi connectivity index (χ0n) is 10.7. The molecule has 0 spiro atoms. The van der Waals surface area contributed by atoms with Crippen LogP contribution in [0.1, 0.15) is 25.7 Å². The quantitative estimate of drug-likeness (QED) is 0.799. The molecule has 2 rings (SSSR count). The predicted molar refractivity (Wildman–Crippen MR) is 69.9 cm³/mol. The van der Waals surface area contributed by atoms with Crippen LogP contribution in [0.2, 0.25) is 0 Å². The third kappa shape index (κ3) is 4.23. The van der Waals surface area contributed by atoms with Gasteiger partial charge in [-0.2, -0.15) is 0 Å². The number of sulfone groups is 1. The van der Waals surface area contributed by atoms with Gasteiger partial charge in [-0.25, -0.2) is 8.42 Å². The van der Waals surface area contributed by atoms with Crippen molar-refractivity contribution in [2.75, 3.05) is 38.2 Å². The molecule has 0 aromatic heterocycles. The second kappa shape index (κ2) is 5.67. The molecule has 1 N–H and O–H groups in total. The maximum Gasteiger partial charge on any atom is 0.151 e. The molecule has 4 nitrogen and oxygen atoms in total. The summed E-state index contributed by atoms with van der Waals surface area (Å²) in [5.41, 5.74) is 0. The second-order valence-electron chi connectivity index (χ2n) is 5.59. The van der Waals surface area contributed by atoms with Gasteiger partial charge in [0.1, 0.15) is 0 Å². The molecule has 1 atom stereocenters. The van der Waals surface area contributed by atoms with E-state index < -0.39 is 9.84 Å². The highest BCUT2D eigenvalue weighted by atomic mass is 32.2. The van der Waals surface area contributed by atoms with Gasteiger partial charge in [-0.3, -0.25) is 0 Å². The molecular formula is C12H24N2O2S. The van der Waals surface area contributed by atoms with E-state index in [9.17, 15) is 8.42 Å². The third-order valence-electron chi connectivity index (χ3n) is 4.06. The fraction of sp³-hybridized carbons (Fsp3) is 1.00. The number of likely N-dealkylation sites (tertiary alicyclic amines) is 1. The number of hydrogen-bond acceptors (Lipinski definition) is 4. The van der Waals surface area contributed by atoms with Gasteiger partial charge in [0.2, 0.25) is 0 Å². The normalized spacial score (nSPS) is 30.8. The summed E-state index contributed by atoms with van der Waals surface area (Å²) in [7, 11) is -0.549. The molecular weight excluding hydrogens is 236 g/mol. The summed E-state index contributed by atoms with van der Waals surface area (Å²) in [5.74, 6) is 1.55. The van der Waals surface area contributed by atoms with Crippen molar-refractivity contribution in [3.63, 3.8) is 0 Å². The number of piperidine rings is 1. The van der Waals surface area contributed by atoms with Crippen LogP contribution in [0.15, 0.2) is 0 Å². The van der Waals surface area contributed by atoms with Crippen LogP contribution in [0, 0.1) is 5.92 Å². The van der Waals surface area contributed by atoms with Crippen molar-refractivity contribution in [1.29, 1.82) is 0 Å². The van der Waals surface area contributed by atoms with Gasteiger partial charge in [0, 0.05) is 6.04 Å². The van der Waals surface area contributed by atoms with E-state index in [4.69, 9.17) is 0 Å². The zero-order chi connectivity index (χ0) is 12.3. The summed E-state index contributed by atoms with van der Waals surface area (Å²) in [6.07, 6.45) is 4.59. The van der Waals surface area contributed by atoms with Crippen LogP contribution in [0.25, 0.3) is 0 Å². The fourth-order valence-electron chi connectivity index (χ4n) is 2.80. The highest BCUT2D eigenvalue weighted by molar-refractivity contribution is 7.91. The Morgan fingerprint density at radius 1 is 1.24 bits per heavy atom. The first kappa shape index (κ1) is 13.3. The van der Waals surface area contributed by atoms with E-state index in [2.05, 4.69) is 17.3 Å². The number of rotatable bonds is 4. The zero-order valence-corrected chi connectivity index (χ0v) is 11.5. The summed E-state index contributed by atoms with van der Waals surface area (Å²) < 4.78 is 22.6. The minimum absolute atomic E-state index is 0.214. The molecule has 2 aliphatic heterocycles. The van der Waals surface area contributed by atoms with E-state index in [1.54, 1.807) is 0 Å². The maximum atomic E-state index is 11.3. The van der Waals surface area contributed by atoms with Crippen LogP contribution in [-0.2, 0) is 9.84 Å². The fourth-order valence-corrected chi connectivity index (χ4v) is 4.51. The molecule has 2 aliphatic rings. The van der Waals surface area contributed by atoms with E-state index in [1.807, 2.05) is 0 Å². The molecule has 5 heteroatoms. The van der Waals surface area contributed by atoms with Crippen LogP contribution in [0.5, 0.6) is 0 Å². The lowest BCUT2D eigenvalue weighted by atomic mass is 9.94. The van der Waals surface area contributed by atoms with Crippen LogP contribution >= 0.6 is 0 Å². The van der Waals surface area contributed by atoms with Gasteiger partial charge in [-0.15, -0.1) is 0 Å². The van der Waals surface area contributed by atoms with Gasteiger partial charge in [0.15, 0.2) is 9.84 Å². The van der Waals surface area contributed by atoms with Crippen LogP contribution in [0.4, 0.5) is 0 Å². The van der Waals surface area contributed by atoms with Crippen molar-refractivity contribution < 1.29 is 8.42 Å². The Balaban J connectivity index is 1.60. The van der Waals surface area contributed by atoms with Crippen molar-refractivity contribution in [1.82, 2.24) is 10.2 Å². The SMILES string of the molecule is CN1CCC(CCNC2CCS(=O)(=O)C2)CC1. The first-order valence-corrected chi connectivity index (χ1v) is 8.50. The smallest absolute Gasteiger partial charge is 0.151 e. The molecule has 0 aromatic carbocycles. The van der Waals surface area contributed by atoms with Crippen LogP contribution in [-0.4, -0.2) is 57.5 Å². The Bertz CT molecular complexity index is 334. The molecule has 0 radical (unpaired) electrons. The second-order valence-corrected chi connectivity index (χ2v) is 7.82. The average Bonchev–Trinajstić information content (AvgIpc) is 2.61. The van der Waals surface area contributed by atoms with Crippen molar-refractivity contribution in [2.45, 2.75) is 31.7 Å². The van der Waals surface area contributed by atoms with Crippen LogP contribution in [0.3, 0.4) is 0 Å². The summed E-state index contributed by atoms with van der Waals surface area (Å²) in [6.45, 7) is 3.40. The highest BCUT2D eigenvalue weighted by Crippen LogP contribution is 2.19. The summed E-state index contributed by atoms with van der Waals surface area (Å²) >= 11 is 0. The molecule has 2 fully saturated rings. The average molecular weight is 260 g/mol. The molecule has 17 heavy (non-hydrogen) atoms. The number of nitrogens with one attached hydrogen (secondary N) is 1. The van der Waals surface area contributed by atoms with E-state index >= 15 is 0 Å². The highest BCUT2D eigenvalue weighted by Gasteiger charge is 2.27. The van der Waals surface area contributed by atoms with Gasteiger partial charge in [-0.05, 0) is 58.3 Å². The van der Waals surface area contributed by atoms with Gasteiger partial charge in [0.05, 0.1) is 11.5 Å². The molecule has 2 saturated heterocycles. The van der Waals surface area contributed by atoms with E-state index in [0.717, 1.165) is 18.9 Å². The van der Waals surface area contributed by atoms with Gasteiger partial charge >= 0.3 is 0 Å². The van der Waals surface area contributed by atoms with Crippen LogP contribution < -0.4 is 5.32 Å². The summed E-state index contributed by atoms with van der Waals surface area (Å²) in [5, 5.41) is 3.40. The van der Waals surface area contributed by atoms with E-state index in [0.29, 0.717) is 11.5 Å². The van der Waals surface area contributed by atoms with Gasteiger partial charge < -0.3 is 10.2 Å². The molecule has 0 bridgehead atoms. The lowest BCUT2D eigenvalue weighted by molar-refractivity contribution is 0.211. The standard InChI is InChI=1S/C12H24N2O2S/c1-14-7-3-11(4-8-14)2-6-13-12-5-9-17(15,16)10-12/h11-13H,2-10H2,1H3. The lowest BCUT2D eigenvalue weighted by Gasteiger charge is -2.29. The van der Waals surface area contributed by atoms with Crippen molar-refractivity contribution >= 4 is 9.84 Å². The topological polar surface area (TPSA) is 49.4 Å². The minimum Gasteiger partial charge on any atom is -0.313 e. The van der Waals surface area contributed by atoms with Crippen molar-refractivity contribution in [3.8, 4) is 0 Å². The Labute approximate surface area is 105 Å². The first-order valence-electron chi connectivity index (χ1n) is 6.67. The monoisotopic (exact) mass is 260 g/mol. The number of hydrogen-bond donors (Lipinski definition) is 1. The largest absolute Gasteiger partial charge is 0.313 e. The summed E-state index contributed by atoms with van der Waals surface area (Å²) in [4.78, 5) is 2.38. The molecule has 100 valence electrons. The lowest BCUT2D eigenvalue weighted by Crippen LogP contribution is -2.34.